The topological polar surface area (TPSA) is 55.5 Å². The van der Waals surface area contributed by atoms with Gasteiger partial charge in [0, 0.05) is 6.08 Å². The van der Waals surface area contributed by atoms with Crippen molar-refractivity contribution in [3.63, 3.8) is 0 Å². The Labute approximate surface area is 71.1 Å². The summed E-state index contributed by atoms with van der Waals surface area (Å²) in [6.07, 6.45) is 1.40. The van der Waals surface area contributed by atoms with Gasteiger partial charge < -0.3 is 15.6 Å². The summed E-state index contributed by atoms with van der Waals surface area (Å²) in [5.41, 5.74) is 5.40. The molecular formula is C9H11NO2. The van der Waals surface area contributed by atoms with E-state index < -0.39 is 0 Å². The maximum absolute atomic E-state index is 8.48. The smallest absolute Gasteiger partial charge is 0.189 e. The number of para-hydroxylation sites is 1. The monoisotopic (exact) mass is 165 g/mol. The molecule has 0 unspecified atom stereocenters. The minimum Gasteiger partial charge on any atom is -0.442 e. The van der Waals surface area contributed by atoms with Gasteiger partial charge in [0.25, 0.3) is 0 Å². The molecule has 0 radical (unpaired) electrons. The van der Waals surface area contributed by atoms with E-state index in [2.05, 4.69) is 0 Å². The van der Waals surface area contributed by atoms with Crippen LogP contribution in [0.25, 0.3) is 0 Å². The number of nitrogens with two attached hydrogens (primary N) is 1. The molecular weight excluding hydrogens is 154 g/mol. The zero-order chi connectivity index (χ0) is 8.81. The van der Waals surface area contributed by atoms with Crippen LogP contribution in [0.3, 0.4) is 0 Å². The number of benzene rings is 1. The van der Waals surface area contributed by atoms with Gasteiger partial charge in [-0.05, 0) is 12.1 Å². The molecule has 0 aliphatic rings. The van der Waals surface area contributed by atoms with Crippen LogP contribution in [0.5, 0.6) is 5.75 Å². The van der Waals surface area contributed by atoms with Crippen LogP contribution in [0.4, 0.5) is 0 Å². The van der Waals surface area contributed by atoms with E-state index in [4.69, 9.17) is 15.6 Å². The Morgan fingerprint density at radius 3 is 2.67 bits per heavy atom. The number of rotatable bonds is 3. The highest BCUT2D eigenvalue weighted by Crippen LogP contribution is 2.09. The molecule has 0 saturated carbocycles. The Bertz CT molecular complexity index is 256. The van der Waals surface area contributed by atoms with Crippen LogP contribution < -0.4 is 10.5 Å². The molecule has 0 amide bonds. The minimum absolute atomic E-state index is 0.112. The van der Waals surface area contributed by atoms with E-state index in [1.165, 1.54) is 6.08 Å². The molecule has 1 aromatic carbocycles. The highest BCUT2D eigenvalue weighted by molar-refractivity contribution is 5.22. The second-order valence-corrected chi connectivity index (χ2v) is 2.20. The fourth-order valence-electron chi connectivity index (χ4n) is 0.756. The fourth-order valence-corrected chi connectivity index (χ4v) is 0.756. The van der Waals surface area contributed by atoms with E-state index in [1.54, 1.807) is 12.1 Å². The molecule has 1 aromatic rings. The molecule has 3 heteroatoms. The molecule has 0 atom stereocenters. The number of hydrogen-bond acceptors (Lipinski definition) is 3. The molecule has 12 heavy (non-hydrogen) atoms. The average molecular weight is 165 g/mol. The Balaban J connectivity index is 2.58. The second kappa shape index (κ2) is 4.41. The first kappa shape index (κ1) is 8.62. The maximum Gasteiger partial charge on any atom is 0.189 e. The van der Waals surface area contributed by atoms with Crippen LogP contribution in [0.1, 0.15) is 0 Å². The zero-order valence-corrected chi connectivity index (χ0v) is 6.60. The Morgan fingerprint density at radius 1 is 1.42 bits per heavy atom. The van der Waals surface area contributed by atoms with Crippen molar-refractivity contribution in [1.29, 1.82) is 0 Å². The van der Waals surface area contributed by atoms with Crippen molar-refractivity contribution in [3.05, 3.63) is 42.3 Å². The van der Waals surface area contributed by atoms with Gasteiger partial charge in [-0.25, -0.2) is 0 Å². The van der Waals surface area contributed by atoms with Gasteiger partial charge in [-0.3, -0.25) is 0 Å². The van der Waals surface area contributed by atoms with Crippen LogP contribution >= 0.6 is 0 Å². The van der Waals surface area contributed by atoms with Gasteiger partial charge in [-0.2, -0.15) is 0 Å². The summed E-state index contributed by atoms with van der Waals surface area (Å²) in [6, 6.07) is 9.16. The number of aliphatic hydroxyl groups is 1. The lowest BCUT2D eigenvalue weighted by Gasteiger charge is -2.03. The van der Waals surface area contributed by atoms with E-state index in [9.17, 15) is 0 Å². The predicted molar refractivity (Wildman–Crippen MR) is 46.4 cm³/mol. The molecule has 0 fully saturated rings. The second-order valence-electron chi connectivity index (χ2n) is 2.20. The first-order chi connectivity index (χ1) is 5.83. The van der Waals surface area contributed by atoms with E-state index in [0.717, 1.165) is 0 Å². The van der Waals surface area contributed by atoms with Crippen molar-refractivity contribution in [3.8, 4) is 5.75 Å². The van der Waals surface area contributed by atoms with E-state index >= 15 is 0 Å². The molecule has 3 N–H and O–H groups in total. The number of hydrogen-bond donors (Lipinski definition) is 2. The first-order valence-corrected chi connectivity index (χ1v) is 3.62. The van der Waals surface area contributed by atoms with Crippen molar-refractivity contribution < 1.29 is 9.84 Å². The molecule has 3 nitrogen and oxygen atoms in total. The Hall–Kier alpha value is -1.48. The van der Waals surface area contributed by atoms with Gasteiger partial charge in [0.05, 0.1) is 6.61 Å². The van der Waals surface area contributed by atoms with Crippen LogP contribution in [0, 0.1) is 0 Å². The quantitative estimate of drug-likeness (QED) is 0.653. The molecule has 0 aliphatic carbocycles. The predicted octanol–water partition coefficient (Wildman–Crippen LogP) is 0.858. The van der Waals surface area contributed by atoms with Crippen molar-refractivity contribution in [2.24, 2.45) is 5.73 Å². The third-order valence-corrected chi connectivity index (χ3v) is 1.27. The van der Waals surface area contributed by atoms with Gasteiger partial charge in [0.1, 0.15) is 5.75 Å². The molecule has 0 heterocycles. The SMILES string of the molecule is NC(=CCO)Oc1ccccc1. The van der Waals surface area contributed by atoms with E-state index in [-0.39, 0.29) is 12.5 Å². The van der Waals surface area contributed by atoms with Crippen LogP contribution in [-0.4, -0.2) is 11.7 Å². The van der Waals surface area contributed by atoms with Gasteiger partial charge >= 0.3 is 0 Å². The number of aliphatic hydroxyl groups excluding tert-OH is 1. The molecule has 0 spiro atoms. The highest BCUT2D eigenvalue weighted by Gasteiger charge is 1.92. The van der Waals surface area contributed by atoms with E-state index in [1.807, 2.05) is 18.2 Å². The van der Waals surface area contributed by atoms with Crippen molar-refractivity contribution in [2.75, 3.05) is 6.61 Å². The normalized spacial score (nSPS) is 11.2. The largest absolute Gasteiger partial charge is 0.442 e. The maximum atomic E-state index is 8.48. The van der Waals surface area contributed by atoms with Gasteiger partial charge in [-0.1, -0.05) is 18.2 Å². The summed E-state index contributed by atoms with van der Waals surface area (Å²) in [5.74, 6) is 0.878. The molecule has 0 bridgehead atoms. The standard InChI is InChI=1S/C9H11NO2/c10-9(6-7-11)12-8-4-2-1-3-5-8/h1-6,11H,7,10H2. The summed E-state index contributed by atoms with van der Waals surface area (Å²) in [7, 11) is 0. The Kier molecular flexibility index (Phi) is 3.17. The molecule has 0 saturated heterocycles. The Morgan fingerprint density at radius 2 is 2.08 bits per heavy atom. The van der Waals surface area contributed by atoms with Crippen molar-refractivity contribution in [1.82, 2.24) is 0 Å². The summed E-state index contributed by atoms with van der Waals surface area (Å²) in [5, 5.41) is 8.48. The molecule has 0 aliphatic heterocycles. The van der Waals surface area contributed by atoms with Crippen LogP contribution in [0.15, 0.2) is 42.3 Å². The van der Waals surface area contributed by atoms with Crippen molar-refractivity contribution in [2.45, 2.75) is 0 Å². The van der Waals surface area contributed by atoms with Gasteiger partial charge in [0.2, 0.25) is 0 Å². The van der Waals surface area contributed by atoms with Crippen LogP contribution in [0.2, 0.25) is 0 Å². The minimum atomic E-state index is -0.112. The van der Waals surface area contributed by atoms with Gasteiger partial charge in [-0.15, -0.1) is 0 Å². The van der Waals surface area contributed by atoms with Crippen LogP contribution in [-0.2, 0) is 0 Å². The lowest BCUT2D eigenvalue weighted by atomic mass is 10.3. The first-order valence-electron chi connectivity index (χ1n) is 3.62. The van der Waals surface area contributed by atoms with Crippen molar-refractivity contribution >= 4 is 0 Å². The summed E-state index contributed by atoms with van der Waals surface area (Å²) < 4.78 is 5.13. The average Bonchev–Trinajstić information content (AvgIpc) is 2.06. The molecule has 0 aromatic heterocycles. The summed E-state index contributed by atoms with van der Waals surface area (Å²) in [6.45, 7) is -0.112. The third kappa shape index (κ3) is 2.64. The summed E-state index contributed by atoms with van der Waals surface area (Å²) >= 11 is 0. The third-order valence-electron chi connectivity index (χ3n) is 1.27. The lowest BCUT2D eigenvalue weighted by molar-refractivity contribution is 0.331. The van der Waals surface area contributed by atoms with E-state index in [0.29, 0.717) is 5.75 Å². The number of ether oxygens (including phenoxy) is 1. The van der Waals surface area contributed by atoms with Gasteiger partial charge in [0.15, 0.2) is 5.88 Å². The zero-order valence-electron chi connectivity index (χ0n) is 6.60. The summed E-state index contributed by atoms with van der Waals surface area (Å²) in [4.78, 5) is 0. The lowest BCUT2D eigenvalue weighted by Crippen LogP contribution is -2.06. The fraction of sp³-hybridized carbons (Fsp3) is 0.111. The molecule has 64 valence electrons. The highest BCUT2D eigenvalue weighted by atomic mass is 16.5. The molecule has 1 rings (SSSR count).